The molecule has 17 heavy (non-hydrogen) atoms. The first-order chi connectivity index (χ1) is 8.24. The SMILES string of the molecule is CCCCOCC(C)OC(=O)c1ccccc1. The van der Waals surface area contributed by atoms with Crippen LogP contribution in [0.25, 0.3) is 0 Å². The Bertz CT molecular complexity index is 321. The average molecular weight is 236 g/mol. The summed E-state index contributed by atoms with van der Waals surface area (Å²) in [6, 6.07) is 8.99. The molecule has 0 aliphatic rings. The molecule has 0 amide bonds. The Morgan fingerprint density at radius 1 is 1.29 bits per heavy atom. The van der Waals surface area contributed by atoms with Gasteiger partial charge in [-0.1, -0.05) is 31.5 Å². The minimum absolute atomic E-state index is 0.209. The zero-order valence-electron chi connectivity index (χ0n) is 10.5. The number of rotatable bonds is 7. The predicted octanol–water partition coefficient (Wildman–Crippen LogP) is 3.05. The summed E-state index contributed by atoms with van der Waals surface area (Å²) in [6.45, 7) is 5.14. The van der Waals surface area contributed by atoms with E-state index in [1.165, 1.54) is 0 Å². The minimum atomic E-state index is -0.294. The summed E-state index contributed by atoms with van der Waals surface area (Å²) < 4.78 is 10.6. The van der Waals surface area contributed by atoms with Gasteiger partial charge in [0.05, 0.1) is 12.2 Å². The van der Waals surface area contributed by atoms with Crippen LogP contribution in [0.3, 0.4) is 0 Å². The molecule has 0 saturated carbocycles. The Morgan fingerprint density at radius 3 is 2.65 bits per heavy atom. The van der Waals surface area contributed by atoms with Gasteiger partial charge in [0.25, 0.3) is 0 Å². The largest absolute Gasteiger partial charge is 0.457 e. The highest BCUT2D eigenvalue weighted by atomic mass is 16.6. The van der Waals surface area contributed by atoms with Crippen molar-refractivity contribution in [1.29, 1.82) is 0 Å². The summed E-state index contributed by atoms with van der Waals surface area (Å²) in [7, 11) is 0. The minimum Gasteiger partial charge on any atom is -0.457 e. The lowest BCUT2D eigenvalue weighted by atomic mass is 10.2. The highest BCUT2D eigenvalue weighted by Gasteiger charge is 2.11. The first kappa shape index (κ1) is 13.7. The summed E-state index contributed by atoms with van der Waals surface area (Å²) in [4.78, 5) is 11.7. The van der Waals surface area contributed by atoms with Crippen LogP contribution in [0.2, 0.25) is 0 Å². The average Bonchev–Trinajstić information content (AvgIpc) is 2.36. The Hall–Kier alpha value is -1.35. The monoisotopic (exact) mass is 236 g/mol. The number of benzene rings is 1. The van der Waals surface area contributed by atoms with E-state index < -0.39 is 0 Å². The van der Waals surface area contributed by atoms with Crippen LogP contribution in [0.5, 0.6) is 0 Å². The van der Waals surface area contributed by atoms with Crippen molar-refractivity contribution >= 4 is 5.97 Å². The second-order valence-corrected chi connectivity index (χ2v) is 4.01. The van der Waals surface area contributed by atoms with Gasteiger partial charge >= 0.3 is 5.97 Å². The van der Waals surface area contributed by atoms with Crippen molar-refractivity contribution in [3.05, 3.63) is 35.9 Å². The van der Waals surface area contributed by atoms with E-state index in [1.54, 1.807) is 12.1 Å². The molecule has 0 fully saturated rings. The zero-order valence-corrected chi connectivity index (χ0v) is 10.5. The fourth-order valence-corrected chi connectivity index (χ4v) is 1.35. The highest BCUT2D eigenvalue weighted by Crippen LogP contribution is 2.04. The molecule has 3 heteroatoms. The standard InChI is InChI=1S/C14H20O3/c1-3-4-10-16-11-12(2)17-14(15)13-8-6-5-7-9-13/h5-9,12H,3-4,10-11H2,1-2H3. The van der Waals surface area contributed by atoms with Crippen molar-refractivity contribution in [3.63, 3.8) is 0 Å². The number of carbonyl (C=O) groups excluding carboxylic acids is 1. The number of hydrogen-bond acceptors (Lipinski definition) is 3. The van der Waals surface area contributed by atoms with Crippen LogP contribution in [0.15, 0.2) is 30.3 Å². The van der Waals surface area contributed by atoms with Crippen molar-refractivity contribution in [2.24, 2.45) is 0 Å². The molecule has 0 aliphatic heterocycles. The third-order valence-corrected chi connectivity index (χ3v) is 2.31. The van der Waals surface area contributed by atoms with E-state index in [9.17, 15) is 4.79 Å². The van der Waals surface area contributed by atoms with Crippen LogP contribution >= 0.6 is 0 Å². The van der Waals surface area contributed by atoms with E-state index in [2.05, 4.69) is 6.92 Å². The quantitative estimate of drug-likeness (QED) is 0.539. The van der Waals surface area contributed by atoms with Gasteiger partial charge in [0.15, 0.2) is 0 Å². The van der Waals surface area contributed by atoms with Crippen LogP contribution in [0.4, 0.5) is 0 Å². The zero-order chi connectivity index (χ0) is 12.5. The van der Waals surface area contributed by atoms with Gasteiger partial charge < -0.3 is 9.47 Å². The number of hydrogen-bond donors (Lipinski definition) is 0. The fourth-order valence-electron chi connectivity index (χ4n) is 1.35. The second-order valence-electron chi connectivity index (χ2n) is 4.01. The van der Waals surface area contributed by atoms with E-state index in [4.69, 9.17) is 9.47 Å². The molecule has 0 heterocycles. The van der Waals surface area contributed by atoms with E-state index in [0.717, 1.165) is 19.4 Å². The number of ether oxygens (including phenoxy) is 2. The van der Waals surface area contributed by atoms with Gasteiger partial charge in [-0.25, -0.2) is 4.79 Å². The summed E-state index contributed by atoms with van der Waals surface area (Å²) >= 11 is 0. The molecule has 0 N–H and O–H groups in total. The molecule has 1 rings (SSSR count). The first-order valence-electron chi connectivity index (χ1n) is 6.07. The lowest BCUT2D eigenvalue weighted by Gasteiger charge is -2.13. The third kappa shape index (κ3) is 5.50. The van der Waals surface area contributed by atoms with E-state index in [1.807, 2.05) is 25.1 Å². The Labute approximate surface area is 103 Å². The Morgan fingerprint density at radius 2 is 2.00 bits per heavy atom. The molecule has 1 aromatic carbocycles. The molecular weight excluding hydrogens is 216 g/mol. The summed E-state index contributed by atoms with van der Waals surface area (Å²) in [5, 5.41) is 0. The van der Waals surface area contributed by atoms with E-state index >= 15 is 0 Å². The molecule has 0 aliphatic carbocycles. The molecular formula is C14H20O3. The number of carbonyl (C=O) groups is 1. The van der Waals surface area contributed by atoms with Crippen LogP contribution in [0.1, 0.15) is 37.0 Å². The molecule has 0 bridgehead atoms. The molecule has 1 aromatic rings. The number of unbranched alkanes of at least 4 members (excludes halogenated alkanes) is 1. The molecule has 0 aromatic heterocycles. The van der Waals surface area contributed by atoms with Gasteiger partial charge in [0.2, 0.25) is 0 Å². The van der Waals surface area contributed by atoms with Crippen LogP contribution in [-0.2, 0) is 9.47 Å². The van der Waals surface area contributed by atoms with Gasteiger partial charge in [-0.3, -0.25) is 0 Å². The molecule has 94 valence electrons. The number of esters is 1. The summed E-state index contributed by atoms with van der Waals surface area (Å²) in [5.74, 6) is -0.294. The summed E-state index contributed by atoms with van der Waals surface area (Å²) in [5.41, 5.74) is 0.577. The first-order valence-corrected chi connectivity index (χ1v) is 6.07. The second kappa shape index (κ2) is 7.85. The topological polar surface area (TPSA) is 35.5 Å². The van der Waals surface area contributed by atoms with E-state index in [0.29, 0.717) is 12.2 Å². The maximum absolute atomic E-state index is 11.7. The van der Waals surface area contributed by atoms with Crippen molar-refractivity contribution in [2.45, 2.75) is 32.8 Å². The van der Waals surface area contributed by atoms with Crippen LogP contribution < -0.4 is 0 Å². The predicted molar refractivity (Wildman–Crippen MR) is 67.0 cm³/mol. The van der Waals surface area contributed by atoms with Crippen LogP contribution in [-0.4, -0.2) is 25.3 Å². The van der Waals surface area contributed by atoms with E-state index in [-0.39, 0.29) is 12.1 Å². The highest BCUT2D eigenvalue weighted by molar-refractivity contribution is 5.89. The van der Waals surface area contributed by atoms with Crippen molar-refractivity contribution < 1.29 is 14.3 Å². The normalized spacial score (nSPS) is 12.1. The molecule has 0 spiro atoms. The van der Waals surface area contributed by atoms with Gasteiger partial charge in [-0.2, -0.15) is 0 Å². The Kier molecular flexibility index (Phi) is 6.33. The van der Waals surface area contributed by atoms with Gasteiger partial charge in [-0.05, 0) is 25.5 Å². The molecule has 1 unspecified atom stereocenters. The maximum Gasteiger partial charge on any atom is 0.338 e. The lowest BCUT2D eigenvalue weighted by Crippen LogP contribution is -2.20. The van der Waals surface area contributed by atoms with Gasteiger partial charge in [0, 0.05) is 6.61 Å². The Balaban J connectivity index is 2.26. The van der Waals surface area contributed by atoms with Crippen molar-refractivity contribution in [3.8, 4) is 0 Å². The summed E-state index contributed by atoms with van der Waals surface area (Å²) in [6.07, 6.45) is 1.94. The molecule has 3 nitrogen and oxygen atoms in total. The maximum atomic E-state index is 11.7. The lowest BCUT2D eigenvalue weighted by molar-refractivity contribution is 0.00169. The van der Waals surface area contributed by atoms with Gasteiger partial charge in [-0.15, -0.1) is 0 Å². The van der Waals surface area contributed by atoms with Crippen molar-refractivity contribution in [2.75, 3.05) is 13.2 Å². The molecule has 0 saturated heterocycles. The smallest absolute Gasteiger partial charge is 0.338 e. The fraction of sp³-hybridized carbons (Fsp3) is 0.500. The van der Waals surface area contributed by atoms with Crippen molar-refractivity contribution in [1.82, 2.24) is 0 Å². The van der Waals surface area contributed by atoms with Crippen LogP contribution in [0, 0.1) is 0 Å². The molecule has 0 radical (unpaired) electrons. The third-order valence-electron chi connectivity index (χ3n) is 2.31. The van der Waals surface area contributed by atoms with Gasteiger partial charge in [0.1, 0.15) is 6.10 Å². The molecule has 1 atom stereocenters.